The first-order valence-electron chi connectivity index (χ1n) is 10.4. The largest absolute Gasteiger partial charge is 0.478 e. The van der Waals surface area contributed by atoms with Crippen molar-refractivity contribution in [3.63, 3.8) is 0 Å². The minimum Gasteiger partial charge on any atom is -0.478 e. The SMILES string of the molecule is Cc1ccc(S(=O)(=O)N(C)C(C)C)cc1C#Cc1cc(Cl)ccc1OC(C(=O)O)C(C)(C)C. The number of carbonyl (C=O) groups is 1. The quantitative estimate of drug-likeness (QED) is 0.577. The summed E-state index contributed by atoms with van der Waals surface area (Å²) in [6, 6.07) is 9.39. The van der Waals surface area contributed by atoms with Gasteiger partial charge in [0.15, 0.2) is 6.10 Å². The average Bonchev–Trinajstić information content (AvgIpc) is 2.70. The Morgan fingerprint density at radius 3 is 2.24 bits per heavy atom. The number of halogens is 1. The highest BCUT2D eigenvalue weighted by atomic mass is 35.5. The van der Waals surface area contributed by atoms with Crippen molar-refractivity contribution in [2.75, 3.05) is 7.05 Å². The highest BCUT2D eigenvalue weighted by Crippen LogP contribution is 2.29. The highest BCUT2D eigenvalue weighted by molar-refractivity contribution is 7.89. The summed E-state index contributed by atoms with van der Waals surface area (Å²) in [5.74, 6) is 5.18. The van der Waals surface area contributed by atoms with Gasteiger partial charge in [-0.05, 0) is 56.7 Å². The van der Waals surface area contributed by atoms with Gasteiger partial charge in [0, 0.05) is 29.1 Å². The van der Waals surface area contributed by atoms with Crippen LogP contribution in [-0.4, -0.2) is 43.0 Å². The van der Waals surface area contributed by atoms with E-state index in [4.69, 9.17) is 16.3 Å². The van der Waals surface area contributed by atoms with Gasteiger partial charge in [-0.1, -0.05) is 50.3 Å². The summed E-state index contributed by atoms with van der Waals surface area (Å²) in [5, 5.41) is 10.0. The molecule has 0 aromatic heterocycles. The predicted molar refractivity (Wildman–Crippen MR) is 130 cm³/mol. The maximum absolute atomic E-state index is 12.9. The van der Waals surface area contributed by atoms with Gasteiger partial charge in [-0.2, -0.15) is 4.31 Å². The van der Waals surface area contributed by atoms with Crippen molar-refractivity contribution >= 4 is 27.6 Å². The smallest absolute Gasteiger partial charge is 0.345 e. The van der Waals surface area contributed by atoms with E-state index < -0.39 is 27.5 Å². The van der Waals surface area contributed by atoms with Gasteiger partial charge < -0.3 is 9.84 Å². The van der Waals surface area contributed by atoms with Crippen LogP contribution in [0.25, 0.3) is 0 Å². The monoisotopic (exact) mass is 491 g/mol. The number of ether oxygens (including phenoxy) is 1. The fourth-order valence-electron chi connectivity index (χ4n) is 2.90. The lowest BCUT2D eigenvalue weighted by Crippen LogP contribution is -2.39. The number of sulfonamides is 1. The number of nitrogens with zero attached hydrogens (tertiary/aromatic N) is 1. The molecule has 8 heteroatoms. The fraction of sp³-hybridized carbons (Fsp3) is 0.400. The lowest BCUT2D eigenvalue weighted by molar-refractivity contribution is -0.150. The molecule has 0 saturated heterocycles. The second-order valence-corrected chi connectivity index (χ2v) is 11.6. The second kappa shape index (κ2) is 10.2. The third-order valence-corrected chi connectivity index (χ3v) is 7.41. The Labute approximate surface area is 201 Å². The maximum atomic E-state index is 12.9. The zero-order chi connectivity index (χ0) is 25.1. The minimum atomic E-state index is -3.66. The number of benzene rings is 2. The summed E-state index contributed by atoms with van der Waals surface area (Å²) in [4.78, 5) is 11.9. The van der Waals surface area contributed by atoms with Crippen LogP contribution in [0.5, 0.6) is 5.75 Å². The Morgan fingerprint density at radius 2 is 1.70 bits per heavy atom. The Balaban J connectivity index is 2.53. The molecule has 33 heavy (non-hydrogen) atoms. The van der Waals surface area contributed by atoms with Gasteiger partial charge >= 0.3 is 5.97 Å². The van der Waals surface area contributed by atoms with E-state index in [9.17, 15) is 18.3 Å². The third kappa shape index (κ3) is 6.50. The van der Waals surface area contributed by atoms with E-state index in [0.29, 0.717) is 16.1 Å². The van der Waals surface area contributed by atoms with Gasteiger partial charge in [-0.15, -0.1) is 0 Å². The number of hydrogen-bond donors (Lipinski definition) is 1. The third-order valence-electron chi connectivity index (χ3n) is 5.14. The van der Waals surface area contributed by atoms with Crippen molar-refractivity contribution in [3.05, 3.63) is 58.1 Å². The van der Waals surface area contributed by atoms with Crippen LogP contribution in [0, 0.1) is 24.2 Å². The number of aliphatic carboxylic acids is 1. The van der Waals surface area contributed by atoms with Gasteiger partial charge in [-0.25, -0.2) is 13.2 Å². The topological polar surface area (TPSA) is 83.9 Å². The van der Waals surface area contributed by atoms with Crippen LogP contribution < -0.4 is 4.74 Å². The van der Waals surface area contributed by atoms with Crippen LogP contribution >= 0.6 is 11.6 Å². The molecule has 6 nitrogen and oxygen atoms in total. The van der Waals surface area contributed by atoms with E-state index in [1.165, 1.54) is 17.4 Å². The lowest BCUT2D eigenvalue weighted by atomic mass is 9.89. The van der Waals surface area contributed by atoms with Crippen LogP contribution in [0.3, 0.4) is 0 Å². The molecule has 2 aromatic carbocycles. The van der Waals surface area contributed by atoms with E-state index in [1.807, 2.05) is 6.92 Å². The molecule has 0 saturated carbocycles. The second-order valence-electron chi connectivity index (χ2n) is 9.18. The van der Waals surface area contributed by atoms with Gasteiger partial charge in [-0.3, -0.25) is 0 Å². The van der Waals surface area contributed by atoms with Gasteiger partial charge in [0.25, 0.3) is 0 Å². The van der Waals surface area contributed by atoms with Crippen LogP contribution in [0.4, 0.5) is 0 Å². The van der Waals surface area contributed by atoms with Crippen LogP contribution in [-0.2, 0) is 14.8 Å². The van der Waals surface area contributed by atoms with E-state index in [2.05, 4.69) is 11.8 Å². The molecule has 0 fully saturated rings. The molecule has 1 unspecified atom stereocenters. The number of carboxylic acid groups (broad SMARTS) is 1. The fourth-order valence-corrected chi connectivity index (χ4v) is 4.47. The zero-order valence-electron chi connectivity index (χ0n) is 19.9. The molecule has 0 amide bonds. The lowest BCUT2D eigenvalue weighted by Gasteiger charge is -2.28. The average molecular weight is 492 g/mol. The molecular formula is C25H30ClNO5S. The van der Waals surface area contributed by atoms with E-state index in [1.54, 1.807) is 65.0 Å². The van der Waals surface area contributed by atoms with Crippen molar-refractivity contribution in [2.24, 2.45) is 5.41 Å². The standard InChI is InChI=1S/C25H30ClNO5S/c1-16(2)27(7)33(30,31)21-12-8-17(3)18(15-21)9-10-19-14-20(26)11-13-22(19)32-23(24(28)29)25(4,5)6/h8,11-16,23H,1-7H3,(H,28,29). The summed E-state index contributed by atoms with van der Waals surface area (Å²) in [7, 11) is -2.13. The van der Waals surface area contributed by atoms with Crippen LogP contribution in [0.15, 0.2) is 41.3 Å². The molecule has 178 valence electrons. The van der Waals surface area contributed by atoms with Gasteiger partial charge in [0.05, 0.1) is 10.5 Å². The van der Waals surface area contributed by atoms with Crippen molar-refractivity contribution in [1.82, 2.24) is 4.31 Å². The minimum absolute atomic E-state index is 0.148. The Hall–Kier alpha value is -2.53. The summed E-state index contributed by atoms with van der Waals surface area (Å²) >= 11 is 6.14. The first-order chi connectivity index (χ1) is 15.1. The molecule has 0 spiro atoms. The molecule has 1 atom stereocenters. The Bertz CT molecular complexity index is 1200. The molecule has 0 aliphatic rings. The first kappa shape index (κ1) is 26.7. The first-order valence-corrected chi connectivity index (χ1v) is 12.3. The van der Waals surface area contributed by atoms with Crippen molar-refractivity contribution < 1.29 is 23.1 Å². The van der Waals surface area contributed by atoms with Crippen LogP contribution in [0.2, 0.25) is 5.02 Å². The summed E-state index contributed by atoms with van der Waals surface area (Å²) in [6.07, 6.45) is -1.10. The molecule has 1 N–H and O–H groups in total. The molecule has 0 radical (unpaired) electrons. The van der Waals surface area contributed by atoms with Crippen molar-refractivity contribution in [1.29, 1.82) is 0 Å². The zero-order valence-corrected chi connectivity index (χ0v) is 21.5. The molecular weight excluding hydrogens is 462 g/mol. The van der Waals surface area contributed by atoms with Gasteiger partial charge in [0.2, 0.25) is 10.0 Å². The molecule has 2 rings (SSSR count). The van der Waals surface area contributed by atoms with Crippen molar-refractivity contribution in [2.45, 2.75) is 58.6 Å². The summed E-state index contributed by atoms with van der Waals surface area (Å²) in [5.41, 5.74) is 1.09. The van der Waals surface area contributed by atoms with Crippen LogP contribution in [0.1, 0.15) is 51.3 Å². The molecule has 2 aromatic rings. The maximum Gasteiger partial charge on any atom is 0.345 e. The molecule has 0 bridgehead atoms. The van der Waals surface area contributed by atoms with Crippen molar-refractivity contribution in [3.8, 4) is 17.6 Å². The Morgan fingerprint density at radius 1 is 1.09 bits per heavy atom. The number of carboxylic acids is 1. The number of rotatable bonds is 6. The van der Waals surface area contributed by atoms with E-state index >= 15 is 0 Å². The Kier molecular flexibility index (Phi) is 8.23. The van der Waals surface area contributed by atoms with E-state index in [0.717, 1.165) is 5.56 Å². The molecule has 0 aliphatic heterocycles. The number of aryl methyl sites for hydroxylation is 1. The molecule has 0 aliphatic carbocycles. The number of hydrogen-bond acceptors (Lipinski definition) is 4. The summed E-state index contributed by atoms with van der Waals surface area (Å²) in [6.45, 7) is 10.8. The summed E-state index contributed by atoms with van der Waals surface area (Å²) < 4.78 is 32.9. The van der Waals surface area contributed by atoms with Gasteiger partial charge in [0.1, 0.15) is 5.75 Å². The van der Waals surface area contributed by atoms with E-state index in [-0.39, 0.29) is 16.7 Å². The highest BCUT2D eigenvalue weighted by Gasteiger charge is 2.34. The molecule has 0 heterocycles. The predicted octanol–water partition coefficient (Wildman–Crippen LogP) is 4.96. The normalized spacial score (nSPS) is 12.9.